The molecule has 2 aliphatic rings. The van der Waals surface area contributed by atoms with Gasteiger partial charge in [0.05, 0.1) is 38.8 Å². The first kappa shape index (κ1) is 25.5. The largest absolute Gasteiger partial charge is 0.496 e. The fourth-order valence-corrected chi connectivity index (χ4v) is 5.50. The predicted molar refractivity (Wildman–Crippen MR) is 146 cm³/mol. The Morgan fingerprint density at radius 2 is 1.68 bits per heavy atom. The van der Waals surface area contributed by atoms with Gasteiger partial charge >= 0.3 is 0 Å². The Morgan fingerprint density at radius 1 is 0.975 bits per heavy atom. The van der Waals surface area contributed by atoms with Crippen molar-refractivity contribution in [3.63, 3.8) is 0 Å². The van der Waals surface area contributed by atoms with E-state index in [1.807, 2.05) is 30.3 Å². The van der Waals surface area contributed by atoms with Crippen LogP contribution in [0.5, 0.6) is 17.2 Å². The highest BCUT2D eigenvalue weighted by molar-refractivity contribution is 6.01. The number of fused-ring (bicyclic) bond motifs is 1. The van der Waals surface area contributed by atoms with E-state index in [0.717, 1.165) is 15.9 Å². The van der Waals surface area contributed by atoms with Crippen molar-refractivity contribution in [2.24, 2.45) is 0 Å². The number of rotatable bonds is 5. The van der Waals surface area contributed by atoms with E-state index < -0.39 is 5.60 Å². The van der Waals surface area contributed by atoms with Crippen LogP contribution >= 0.6 is 0 Å². The Bertz CT molecular complexity index is 1570. The minimum absolute atomic E-state index is 0.00383. The van der Waals surface area contributed by atoms with Crippen LogP contribution in [0.25, 0.3) is 22.5 Å². The number of ketones is 1. The van der Waals surface area contributed by atoms with Crippen molar-refractivity contribution in [1.29, 1.82) is 0 Å². The third-order valence-electron chi connectivity index (χ3n) is 7.58. The molecule has 4 aromatic rings. The fourth-order valence-electron chi connectivity index (χ4n) is 5.50. The molecule has 40 heavy (non-hydrogen) atoms. The maximum atomic E-state index is 13.6. The van der Waals surface area contributed by atoms with Gasteiger partial charge in [-0.1, -0.05) is 30.3 Å². The average molecular weight is 539 g/mol. The number of hydrogen-bond donors (Lipinski definition) is 0. The van der Waals surface area contributed by atoms with E-state index in [2.05, 4.69) is 22.5 Å². The molecule has 1 aromatic heterocycles. The zero-order valence-corrected chi connectivity index (χ0v) is 22.3. The van der Waals surface area contributed by atoms with Crippen LogP contribution in [-0.4, -0.2) is 69.7 Å². The summed E-state index contributed by atoms with van der Waals surface area (Å²) in [4.78, 5) is 29.7. The van der Waals surface area contributed by atoms with Gasteiger partial charge in [0.25, 0.3) is 5.91 Å². The summed E-state index contributed by atoms with van der Waals surface area (Å²) in [5, 5.41) is 11.8. The normalized spacial score (nSPS) is 15.9. The lowest BCUT2D eigenvalue weighted by molar-refractivity contribution is -0.00571. The molecule has 0 saturated carbocycles. The molecule has 1 amide bonds. The summed E-state index contributed by atoms with van der Waals surface area (Å²) in [5.41, 5.74) is 2.74. The lowest BCUT2D eigenvalue weighted by atomic mass is 9.82. The van der Waals surface area contributed by atoms with Gasteiger partial charge in [0.15, 0.2) is 5.78 Å². The lowest BCUT2D eigenvalue weighted by Gasteiger charge is -2.44. The molecule has 0 aliphatic carbocycles. The molecule has 203 valence electrons. The molecule has 0 unspecified atom stereocenters. The molecule has 0 atom stereocenters. The fraction of sp³-hybridized carbons (Fsp3) is 0.267. The van der Waals surface area contributed by atoms with E-state index in [1.54, 1.807) is 49.5 Å². The number of methoxy groups -OCH3 is 2. The number of aromatic nitrogens is 4. The van der Waals surface area contributed by atoms with Crippen molar-refractivity contribution < 1.29 is 23.8 Å². The van der Waals surface area contributed by atoms with Crippen LogP contribution in [0.15, 0.2) is 60.7 Å². The van der Waals surface area contributed by atoms with Gasteiger partial charge < -0.3 is 19.1 Å². The molecule has 10 heteroatoms. The standard InChI is InChI=1S/C30H28N5O5/c1-34-32-28(31-33-34)20-9-10-24-22(15-20)23(36)18-30(40-24)11-13-35(14-12-30)29(37)21-16-25(38-2)27(26(17-21)39-3)19-7-5-4-6-8-19/h4-10,15-17H,1,11-14,18H2,2-3H3. The summed E-state index contributed by atoms with van der Waals surface area (Å²) in [5.74, 6) is 1.93. The van der Waals surface area contributed by atoms with E-state index in [0.29, 0.717) is 65.7 Å². The maximum absolute atomic E-state index is 13.6. The Labute approximate surface area is 231 Å². The molecule has 0 bridgehead atoms. The minimum Gasteiger partial charge on any atom is -0.496 e. The van der Waals surface area contributed by atoms with Crippen molar-refractivity contribution in [3.05, 3.63) is 78.8 Å². The van der Waals surface area contributed by atoms with Crippen LogP contribution in [-0.2, 0) is 0 Å². The van der Waals surface area contributed by atoms with E-state index in [-0.39, 0.29) is 18.1 Å². The highest BCUT2D eigenvalue weighted by Gasteiger charge is 2.44. The van der Waals surface area contributed by atoms with E-state index in [1.165, 1.54) is 0 Å². The first-order valence-corrected chi connectivity index (χ1v) is 13.0. The van der Waals surface area contributed by atoms with Crippen LogP contribution in [0, 0.1) is 7.05 Å². The molecule has 0 N–H and O–H groups in total. The highest BCUT2D eigenvalue weighted by atomic mass is 16.5. The number of nitrogens with zero attached hydrogens (tertiary/aromatic N) is 5. The maximum Gasteiger partial charge on any atom is 0.254 e. The van der Waals surface area contributed by atoms with Crippen LogP contribution in [0.4, 0.5) is 0 Å². The van der Waals surface area contributed by atoms with E-state index in [4.69, 9.17) is 14.2 Å². The van der Waals surface area contributed by atoms with Gasteiger partial charge in [-0.05, 0) is 41.1 Å². The quantitative estimate of drug-likeness (QED) is 0.370. The Kier molecular flexibility index (Phi) is 6.45. The molecule has 1 spiro atoms. The highest BCUT2D eigenvalue weighted by Crippen LogP contribution is 2.42. The van der Waals surface area contributed by atoms with Crippen molar-refractivity contribution in [2.75, 3.05) is 27.3 Å². The van der Waals surface area contributed by atoms with Crippen molar-refractivity contribution in [2.45, 2.75) is 24.9 Å². The van der Waals surface area contributed by atoms with Gasteiger partial charge in [-0.15, -0.1) is 10.2 Å². The van der Waals surface area contributed by atoms with Crippen LogP contribution in [0.2, 0.25) is 0 Å². The molecule has 6 rings (SSSR count). The first-order valence-electron chi connectivity index (χ1n) is 13.0. The molecular weight excluding hydrogens is 510 g/mol. The van der Waals surface area contributed by atoms with Crippen LogP contribution in [0.3, 0.4) is 0 Å². The molecule has 1 radical (unpaired) electrons. The molecular formula is C30H28N5O5. The van der Waals surface area contributed by atoms with Crippen molar-refractivity contribution in [1.82, 2.24) is 25.1 Å². The number of benzene rings is 3. The number of amides is 1. The molecule has 1 saturated heterocycles. The smallest absolute Gasteiger partial charge is 0.254 e. The topological polar surface area (TPSA) is 109 Å². The number of hydrogen-bond acceptors (Lipinski definition) is 8. The van der Waals surface area contributed by atoms with Gasteiger partial charge in [-0.2, -0.15) is 4.80 Å². The van der Waals surface area contributed by atoms with Crippen molar-refractivity contribution >= 4 is 11.7 Å². The molecule has 3 aromatic carbocycles. The second-order valence-electron chi connectivity index (χ2n) is 10.00. The third-order valence-corrected chi connectivity index (χ3v) is 7.58. The van der Waals surface area contributed by atoms with Gasteiger partial charge in [-0.3, -0.25) is 9.59 Å². The summed E-state index contributed by atoms with van der Waals surface area (Å²) >= 11 is 0. The SMILES string of the molecule is [CH2]n1nnc(-c2ccc3c(c2)C(=O)CC2(CCN(C(=O)c4cc(OC)c(-c5ccccc5)c(OC)c4)CC2)O3)n1. The minimum atomic E-state index is -0.649. The number of likely N-dealkylation sites (tertiary alicyclic amines) is 1. The molecule has 3 heterocycles. The molecule has 2 aliphatic heterocycles. The Morgan fingerprint density at radius 3 is 2.30 bits per heavy atom. The number of ether oxygens (including phenoxy) is 3. The summed E-state index contributed by atoms with van der Waals surface area (Å²) in [6.07, 6.45) is 1.33. The van der Waals surface area contributed by atoms with Gasteiger partial charge in [-0.25, -0.2) is 0 Å². The Hall–Kier alpha value is -4.73. The van der Waals surface area contributed by atoms with E-state index in [9.17, 15) is 9.59 Å². The summed E-state index contributed by atoms with van der Waals surface area (Å²) in [6, 6.07) is 18.6. The van der Waals surface area contributed by atoms with Crippen LogP contribution < -0.4 is 14.2 Å². The van der Waals surface area contributed by atoms with Crippen LogP contribution in [0.1, 0.15) is 40.0 Å². The first-order chi connectivity index (χ1) is 19.4. The zero-order chi connectivity index (χ0) is 27.9. The van der Waals surface area contributed by atoms with Gasteiger partial charge in [0, 0.05) is 37.1 Å². The number of carbonyl (C=O) groups is 2. The molecule has 10 nitrogen and oxygen atoms in total. The number of Topliss-reactive ketones (excluding diaryl/α,β-unsaturated/α-hetero) is 1. The van der Waals surface area contributed by atoms with E-state index >= 15 is 0 Å². The zero-order valence-electron chi connectivity index (χ0n) is 22.3. The monoisotopic (exact) mass is 538 g/mol. The second kappa shape index (κ2) is 10.1. The van der Waals surface area contributed by atoms with Crippen molar-refractivity contribution in [3.8, 4) is 39.8 Å². The summed E-state index contributed by atoms with van der Waals surface area (Å²) < 4.78 is 17.8. The van der Waals surface area contributed by atoms with Gasteiger partial charge in [0.2, 0.25) is 5.82 Å². The average Bonchev–Trinajstić information content (AvgIpc) is 3.43. The Balaban J connectivity index is 1.19. The lowest BCUT2D eigenvalue weighted by Crippen LogP contribution is -2.52. The summed E-state index contributed by atoms with van der Waals surface area (Å²) in [7, 11) is 6.76. The third kappa shape index (κ3) is 4.55. The number of piperidine rings is 1. The number of tetrazole rings is 1. The number of carbonyl (C=O) groups excluding carboxylic acids is 2. The summed E-state index contributed by atoms with van der Waals surface area (Å²) in [6.45, 7) is 0.919. The predicted octanol–water partition coefficient (Wildman–Crippen LogP) is 4.30. The van der Waals surface area contributed by atoms with Gasteiger partial charge in [0.1, 0.15) is 22.8 Å². The molecule has 1 fully saturated rings. The second-order valence-corrected chi connectivity index (χ2v) is 10.00.